The van der Waals surface area contributed by atoms with Crippen molar-refractivity contribution < 1.29 is 10.2 Å². The van der Waals surface area contributed by atoms with Gasteiger partial charge in [0, 0.05) is 13.1 Å². The van der Waals surface area contributed by atoms with Gasteiger partial charge in [-0.25, -0.2) is 0 Å². The van der Waals surface area contributed by atoms with Crippen LogP contribution in [0.5, 0.6) is 0 Å². The molecule has 13 heavy (non-hydrogen) atoms. The lowest BCUT2D eigenvalue weighted by molar-refractivity contribution is 0.0256. The van der Waals surface area contributed by atoms with E-state index in [9.17, 15) is 10.2 Å². The summed E-state index contributed by atoms with van der Waals surface area (Å²) in [6.07, 6.45) is 1.51. The zero-order valence-corrected chi connectivity index (χ0v) is 8.61. The second-order valence-electron chi connectivity index (χ2n) is 4.37. The number of rotatable bonds is 3. The molecule has 0 spiro atoms. The Labute approximate surface area is 80.4 Å². The molecule has 1 aliphatic heterocycles. The van der Waals surface area contributed by atoms with Crippen LogP contribution in [0, 0.1) is 5.92 Å². The second kappa shape index (κ2) is 4.94. The standard InChI is InChI=1S/C10H21NO2/c1-8(2)10(13)7-11-5-3-4-9(12)6-11/h8-10,12-13H,3-7H2,1-2H3. The highest BCUT2D eigenvalue weighted by Crippen LogP contribution is 2.12. The van der Waals surface area contributed by atoms with E-state index in [0.29, 0.717) is 12.5 Å². The summed E-state index contributed by atoms with van der Waals surface area (Å²) in [7, 11) is 0. The monoisotopic (exact) mass is 187 g/mol. The van der Waals surface area contributed by atoms with Crippen molar-refractivity contribution in [3.63, 3.8) is 0 Å². The van der Waals surface area contributed by atoms with Crippen molar-refractivity contribution in [1.82, 2.24) is 4.90 Å². The highest BCUT2D eigenvalue weighted by atomic mass is 16.3. The van der Waals surface area contributed by atoms with E-state index in [0.717, 1.165) is 25.9 Å². The minimum atomic E-state index is -0.259. The van der Waals surface area contributed by atoms with Crippen LogP contribution in [0.2, 0.25) is 0 Å². The maximum absolute atomic E-state index is 9.64. The van der Waals surface area contributed by atoms with Gasteiger partial charge in [-0.1, -0.05) is 13.8 Å². The van der Waals surface area contributed by atoms with Gasteiger partial charge in [-0.2, -0.15) is 0 Å². The normalized spacial score (nSPS) is 27.9. The number of hydrogen-bond acceptors (Lipinski definition) is 3. The second-order valence-corrected chi connectivity index (χ2v) is 4.37. The fourth-order valence-corrected chi connectivity index (χ4v) is 1.67. The predicted octanol–water partition coefficient (Wildman–Crippen LogP) is 0.460. The molecule has 1 heterocycles. The van der Waals surface area contributed by atoms with Crippen LogP contribution in [0.15, 0.2) is 0 Å². The molecule has 1 fully saturated rings. The van der Waals surface area contributed by atoms with Crippen LogP contribution in [0.1, 0.15) is 26.7 Å². The molecule has 2 atom stereocenters. The van der Waals surface area contributed by atoms with E-state index in [2.05, 4.69) is 4.90 Å². The first-order chi connectivity index (χ1) is 6.09. The average molecular weight is 187 g/mol. The third-order valence-corrected chi connectivity index (χ3v) is 2.70. The molecule has 0 radical (unpaired) electrons. The zero-order chi connectivity index (χ0) is 9.84. The van der Waals surface area contributed by atoms with E-state index in [4.69, 9.17) is 0 Å². The first kappa shape index (κ1) is 11.0. The smallest absolute Gasteiger partial charge is 0.0689 e. The summed E-state index contributed by atoms with van der Waals surface area (Å²) in [4.78, 5) is 2.15. The molecule has 1 rings (SSSR count). The molecule has 3 heteroatoms. The van der Waals surface area contributed by atoms with E-state index >= 15 is 0 Å². The molecule has 78 valence electrons. The minimum Gasteiger partial charge on any atom is -0.392 e. The van der Waals surface area contributed by atoms with E-state index < -0.39 is 0 Å². The summed E-state index contributed by atoms with van der Waals surface area (Å²) in [6, 6.07) is 0. The Morgan fingerprint density at radius 3 is 2.69 bits per heavy atom. The van der Waals surface area contributed by atoms with Crippen molar-refractivity contribution >= 4 is 0 Å². The summed E-state index contributed by atoms with van der Waals surface area (Å²) >= 11 is 0. The molecule has 0 amide bonds. The van der Waals surface area contributed by atoms with Gasteiger partial charge in [0.1, 0.15) is 0 Å². The first-order valence-corrected chi connectivity index (χ1v) is 5.18. The lowest BCUT2D eigenvalue weighted by Crippen LogP contribution is -2.43. The van der Waals surface area contributed by atoms with Gasteiger partial charge in [0.2, 0.25) is 0 Å². The number of aliphatic hydroxyl groups is 2. The quantitative estimate of drug-likeness (QED) is 0.674. The third kappa shape index (κ3) is 3.63. The number of aliphatic hydroxyl groups excluding tert-OH is 2. The van der Waals surface area contributed by atoms with E-state index in [1.54, 1.807) is 0 Å². The molecular weight excluding hydrogens is 166 g/mol. The topological polar surface area (TPSA) is 43.7 Å². The number of likely N-dealkylation sites (tertiary alicyclic amines) is 1. The van der Waals surface area contributed by atoms with Crippen LogP contribution in [-0.2, 0) is 0 Å². The third-order valence-electron chi connectivity index (χ3n) is 2.70. The zero-order valence-electron chi connectivity index (χ0n) is 8.61. The Hall–Kier alpha value is -0.120. The molecule has 0 aromatic rings. The van der Waals surface area contributed by atoms with Gasteiger partial charge in [0.25, 0.3) is 0 Å². The maximum Gasteiger partial charge on any atom is 0.0689 e. The van der Waals surface area contributed by atoms with Crippen LogP contribution in [0.25, 0.3) is 0 Å². The Balaban J connectivity index is 2.27. The Morgan fingerprint density at radius 1 is 1.46 bits per heavy atom. The summed E-state index contributed by atoms with van der Waals surface area (Å²) in [5.74, 6) is 0.305. The number of piperidine rings is 1. The van der Waals surface area contributed by atoms with Crippen LogP contribution in [0.3, 0.4) is 0 Å². The summed E-state index contributed by atoms with van der Waals surface area (Å²) in [6.45, 7) is 6.48. The van der Waals surface area contributed by atoms with Gasteiger partial charge in [0.05, 0.1) is 12.2 Å². The highest BCUT2D eigenvalue weighted by molar-refractivity contribution is 4.75. The van der Waals surface area contributed by atoms with Crippen molar-refractivity contribution in [2.24, 2.45) is 5.92 Å². The Bertz CT molecular complexity index is 150. The van der Waals surface area contributed by atoms with Crippen molar-refractivity contribution in [3.8, 4) is 0 Å². The number of β-amino-alcohol motifs (C(OH)–C–C–N with tert-alkyl or cyclic N) is 2. The lowest BCUT2D eigenvalue weighted by atomic mass is 10.0. The van der Waals surface area contributed by atoms with E-state index in [1.807, 2.05) is 13.8 Å². The predicted molar refractivity (Wildman–Crippen MR) is 52.5 cm³/mol. The van der Waals surface area contributed by atoms with Crippen LogP contribution in [-0.4, -0.2) is 47.0 Å². The Kier molecular flexibility index (Phi) is 4.16. The molecule has 0 aromatic heterocycles. The molecule has 1 aliphatic rings. The SMILES string of the molecule is CC(C)C(O)CN1CCCC(O)C1. The molecule has 2 N–H and O–H groups in total. The average Bonchev–Trinajstić information content (AvgIpc) is 2.04. The van der Waals surface area contributed by atoms with Gasteiger partial charge in [0.15, 0.2) is 0 Å². The fourth-order valence-electron chi connectivity index (χ4n) is 1.67. The van der Waals surface area contributed by atoms with Crippen molar-refractivity contribution in [3.05, 3.63) is 0 Å². The van der Waals surface area contributed by atoms with Gasteiger partial charge in [-0.3, -0.25) is 4.90 Å². The van der Waals surface area contributed by atoms with Crippen LogP contribution < -0.4 is 0 Å². The number of hydrogen-bond donors (Lipinski definition) is 2. The summed E-state index contributed by atoms with van der Waals surface area (Å²) in [5.41, 5.74) is 0. The van der Waals surface area contributed by atoms with Crippen molar-refractivity contribution in [2.75, 3.05) is 19.6 Å². The fraction of sp³-hybridized carbons (Fsp3) is 1.00. The Morgan fingerprint density at radius 2 is 2.15 bits per heavy atom. The van der Waals surface area contributed by atoms with Gasteiger partial charge < -0.3 is 10.2 Å². The van der Waals surface area contributed by atoms with Gasteiger partial charge in [-0.05, 0) is 25.3 Å². The van der Waals surface area contributed by atoms with E-state index in [-0.39, 0.29) is 12.2 Å². The molecule has 0 saturated carbocycles. The van der Waals surface area contributed by atoms with Gasteiger partial charge >= 0.3 is 0 Å². The molecular formula is C10H21NO2. The largest absolute Gasteiger partial charge is 0.392 e. The van der Waals surface area contributed by atoms with Crippen molar-refractivity contribution in [2.45, 2.75) is 38.9 Å². The summed E-state index contributed by atoms with van der Waals surface area (Å²) < 4.78 is 0. The minimum absolute atomic E-state index is 0.187. The highest BCUT2D eigenvalue weighted by Gasteiger charge is 2.20. The maximum atomic E-state index is 9.64. The number of nitrogens with zero attached hydrogens (tertiary/aromatic N) is 1. The van der Waals surface area contributed by atoms with Crippen LogP contribution >= 0.6 is 0 Å². The molecule has 3 nitrogen and oxygen atoms in total. The van der Waals surface area contributed by atoms with Crippen LogP contribution in [0.4, 0.5) is 0 Å². The van der Waals surface area contributed by atoms with Crippen molar-refractivity contribution in [1.29, 1.82) is 0 Å². The van der Waals surface area contributed by atoms with Gasteiger partial charge in [-0.15, -0.1) is 0 Å². The van der Waals surface area contributed by atoms with E-state index in [1.165, 1.54) is 0 Å². The molecule has 0 bridgehead atoms. The molecule has 0 aromatic carbocycles. The first-order valence-electron chi connectivity index (χ1n) is 5.18. The summed E-state index contributed by atoms with van der Waals surface area (Å²) in [5, 5.41) is 19.0. The molecule has 2 unspecified atom stereocenters. The lowest BCUT2D eigenvalue weighted by Gasteiger charge is -2.32. The molecule has 1 saturated heterocycles. The molecule has 0 aliphatic carbocycles.